The summed E-state index contributed by atoms with van der Waals surface area (Å²) in [5.74, 6) is -1.20. The number of benzene rings is 2. The number of hydrogen-bond donors (Lipinski definition) is 2. The van der Waals surface area contributed by atoms with Gasteiger partial charge < -0.3 is 9.52 Å². The van der Waals surface area contributed by atoms with Crippen LogP contribution < -0.4 is 10.0 Å². The standard InChI is InChI=1S/C27H28N2O6S/c1-15-6-8-17(27(3,4)5)14-20(15)24(30)22-23(21-13-7-16(2)35-21)29(26(32)25(22)31)18-9-11-19(12-10-18)36(28,33)34/h6-14,23,30H,1-5H3,(H2,28,33,34)/b24-22+. The third-order valence-corrected chi connectivity index (χ3v) is 7.21. The van der Waals surface area contributed by atoms with Crippen molar-refractivity contribution in [3.8, 4) is 0 Å². The third kappa shape index (κ3) is 4.47. The van der Waals surface area contributed by atoms with Crippen LogP contribution in [0.5, 0.6) is 0 Å². The molecule has 3 aromatic rings. The first-order valence-electron chi connectivity index (χ1n) is 11.3. The number of hydrogen-bond acceptors (Lipinski definition) is 6. The van der Waals surface area contributed by atoms with E-state index in [0.717, 1.165) is 11.1 Å². The minimum Gasteiger partial charge on any atom is -0.507 e. The van der Waals surface area contributed by atoms with Crippen molar-refractivity contribution in [2.24, 2.45) is 5.14 Å². The molecule has 1 atom stereocenters. The van der Waals surface area contributed by atoms with Crippen LogP contribution in [0.2, 0.25) is 0 Å². The van der Waals surface area contributed by atoms with Gasteiger partial charge >= 0.3 is 0 Å². The number of sulfonamides is 1. The molecule has 2 aromatic carbocycles. The summed E-state index contributed by atoms with van der Waals surface area (Å²) in [5, 5.41) is 16.7. The second-order valence-electron chi connectivity index (χ2n) is 9.94. The van der Waals surface area contributed by atoms with Gasteiger partial charge in [-0.3, -0.25) is 14.5 Å². The van der Waals surface area contributed by atoms with Crippen molar-refractivity contribution in [2.45, 2.75) is 51.0 Å². The molecular weight excluding hydrogens is 480 g/mol. The summed E-state index contributed by atoms with van der Waals surface area (Å²) in [5.41, 5.74) is 2.06. The first kappa shape index (κ1) is 25.4. The molecule has 1 saturated heterocycles. The summed E-state index contributed by atoms with van der Waals surface area (Å²) < 4.78 is 29.2. The molecule has 2 heterocycles. The molecule has 9 heteroatoms. The number of aliphatic hydroxyl groups excluding tert-OH is 1. The Balaban J connectivity index is 1.94. The number of Topliss-reactive ketones (excluding diaryl/α,β-unsaturated/α-hetero) is 1. The molecule has 0 saturated carbocycles. The molecule has 1 unspecified atom stereocenters. The van der Waals surface area contributed by atoms with Gasteiger partial charge in [-0.1, -0.05) is 32.9 Å². The van der Waals surface area contributed by atoms with Gasteiger partial charge in [0.1, 0.15) is 23.3 Å². The molecule has 3 N–H and O–H groups in total. The number of aliphatic hydroxyl groups is 1. The lowest BCUT2D eigenvalue weighted by Gasteiger charge is -2.24. The highest BCUT2D eigenvalue weighted by atomic mass is 32.2. The normalized spacial score (nSPS) is 18.2. The van der Waals surface area contributed by atoms with E-state index in [1.165, 1.54) is 29.2 Å². The monoisotopic (exact) mass is 508 g/mol. The highest BCUT2D eigenvalue weighted by Gasteiger charge is 2.48. The van der Waals surface area contributed by atoms with Crippen molar-refractivity contribution in [2.75, 3.05) is 4.90 Å². The van der Waals surface area contributed by atoms with Gasteiger partial charge in [-0.2, -0.15) is 0 Å². The molecular formula is C27H28N2O6S. The van der Waals surface area contributed by atoms with Gasteiger partial charge in [0.2, 0.25) is 10.0 Å². The van der Waals surface area contributed by atoms with Gasteiger partial charge in [-0.05, 0) is 72.9 Å². The summed E-state index contributed by atoms with van der Waals surface area (Å²) >= 11 is 0. The molecule has 0 radical (unpaired) electrons. The summed E-state index contributed by atoms with van der Waals surface area (Å²) in [6, 6.07) is 13.2. The summed E-state index contributed by atoms with van der Waals surface area (Å²) in [7, 11) is -3.95. The Hall–Kier alpha value is -3.69. The number of primary sulfonamides is 1. The first-order chi connectivity index (χ1) is 16.7. The molecule has 1 aliphatic rings. The number of amides is 1. The van der Waals surface area contributed by atoms with Crippen LogP contribution in [0.1, 0.15) is 55.0 Å². The predicted molar refractivity (Wildman–Crippen MR) is 136 cm³/mol. The van der Waals surface area contributed by atoms with Crippen LogP contribution >= 0.6 is 0 Å². The fraction of sp³-hybridized carbons (Fsp3) is 0.259. The second-order valence-corrected chi connectivity index (χ2v) is 11.5. The highest BCUT2D eigenvalue weighted by molar-refractivity contribution is 7.89. The Morgan fingerprint density at radius 1 is 1.00 bits per heavy atom. The van der Waals surface area contributed by atoms with E-state index in [9.17, 15) is 23.1 Å². The molecule has 1 aliphatic heterocycles. The van der Waals surface area contributed by atoms with Crippen LogP contribution in [0.4, 0.5) is 5.69 Å². The summed E-state index contributed by atoms with van der Waals surface area (Å²) in [6.07, 6.45) is 0. The Kier molecular flexibility index (Phi) is 6.18. The molecule has 0 spiro atoms. The van der Waals surface area contributed by atoms with Gasteiger partial charge in [0.05, 0.1) is 10.5 Å². The average molecular weight is 509 g/mol. The number of ketones is 1. The van der Waals surface area contributed by atoms with E-state index in [1.54, 1.807) is 19.1 Å². The minimum atomic E-state index is -3.95. The lowest BCUT2D eigenvalue weighted by Crippen LogP contribution is -2.29. The molecule has 1 aromatic heterocycles. The zero-order chi connectivity index (χ0) is 26.6. The molecule has 8 nitrogen and oxygen atoms in total. The number of rotatable bonds is 4. The van der Waals surface area contributed by atoms with Crippen molar-refractivity contribution >= 4 is 33.2 Å². The lowest BCUT2D eigenvalue weighted by molar-refractivity contribution is -0.132. The Labute approximate surface area is 210 Å². The van der Waals surface area contributed by atoms with Crippen molar-refractivity contribution in [3.63, 3.8) is 0 Å². The molecule has 0 aliphatic carbocycles. The molecule has 188 valence electrons. The van der Waals surface area contributed by atoms with Crippen LogP contribution in [0.15, 0.2) is 69.5 Å². The Morgan fingerprint density at radius 2 is 1.64 bits per heavy atom. The summed E-state index contributed by atoms with van der Waals surface area (Å²) in [6.45, 7) is 9.66. The number of nitrogens with two attached hydrogens (primary N) is 1. The number of carbonyl (C=O) groups is 2. The van der Waals surface area contributed by atoms with Gasteiger partial charge in [0, 0.05) is 11.3 Å². The van der Waals surface area contributed by atoms with E-state index >= 15 is 0 Å². The number of furan rings is 1. The molecule has 0 bridgehead atoms. The third-order valence-electron chi connectivity index (χ3n) is 6.28. The zero-order valence-corrected chi connectivity index (χ0v) is 21.5. The molecule has 1 amide bonds. The first-order valence-corrected chi connectivity index (χ1v) is 12.9. The minimum absolute atomic E-state index is 0.112. The maximum Gasteiger partial charge on any atom is 0.300 e. The van der Waals surface area contributed by atoms with Gasteiger partial charge in [0.25, 0.3) is 11.7 Å². The smallest absolute Gasteiger partial charge is 0.300 e. The van der Waals surface area contributed by atoms with E-state index in [-0.39, 0.29) is 33.1 Å². The molecule has 1 fully saturated rings. The van der Waals surface area contributed by atoms with Gasteiger partial charge in [0.15, 0.2) is 0 Å². The zero-order valence-electron chi connectivity index (χ0n) is 20.7. The number of carbonyl (C=O) groups excluding carboxylic acids is 2. The quantitative estimate of drug-likeness (QED) is 0.304. The fourth-order valence-electron chi connectivity index (χ4n) is 4.25. The topological polar surface area (TPSA) is 131 Å². The summed E-state index contributed by atoms with van der Waals surface area (Å²) in [4.78, 5) is 27.7. The predicted octanol–water partition coefficient (Wildman–Crippen LogP) is 4.47. The maximum absolute atomic E-state index is 13.3. The lowest BCUT2D eigenvalue weighted by atomic mass is 9.84. The van der Waals surface area contributed by atoms with Crippen LogP contribution in [-0.2, 0) is 25.0 Å². The Morgan fingerprint density at radius 3 is 2.17 bits per heavy atom. The van der Waals surface area contributed by atoms with Crippen LogP contribution in [0.25, 0.3) is 5.76 Å². The van der Waals surface area contributed by atoms with Crippen molar-refractivity contribution < 1.29 is 27.5 Å². The van der Waals surface area contributed by atoms with E-state index in [4.69, 9.17) is 9.56 Å². The fourth-order valence-corrected chi connectivity index (χ4v) is 4.77. The average Bonchev–Trinajstić information content (AvgIpc) is 3.33. The van der Waals surface area contributed by atoms with Crippen LogP contribution in [-0.4, -0.2) is 25.2 Å². The number of nitrogens with zero attached hydrogens (tertiary/aromatic N) is 1. The maximum atomic E-state index is 13.3. The molecule has 36 heavy (non-hydrogen) atoms. The van der Waals surface area contributed by atoms with E-state index in [0.29, 0.717) is 11.3 Å². The van der Waals surface area contributed by atoms with Crippen molar-refractivity contribution in [3.05, 3.63) is 88.4 Å². The van der Waals surface area contributed by atoms with Crippen molar-refractivity contribution in [1.29, 1.82) is 0 Å². The Bertz CT molecular complexity index is 1510. The van der Waals surface area contributed by atoms with E-state index in [2.05, 4.69) is 0 Å². The van der Waals surface area contributed by atoms with Crippen LogP contribution in [0.3, 0.4) is 0 Å². The second kappa shape index (κ2) is 8.76. The van der Waals surface area contributed by atoms with Gasteiger partial charge in [-0.25, -0.2) is 13.6 Å². The van der Waals surface area contributed by atoms with Gasteiger partial charge in [-0.15, -0.1) is 0 Å². The van der Waals surface area contributed by atoms with E-state index in [1.807, 2.05) is 45.9 Å². The number of aryl methyl sites for hydroxylation is 2. The highest BCUT2D eigenvalue weighted by Crippen LogP contribution is 2.43. The SMILES string of the molecule is Cc1ccc(C2/C(=C(\O)c3cc(C(C)(C)C)ccc3C)C(=O)C(=O)N2c2ccc(S(N)(=O)=O)cc2)o1. The van der Waals surface area contributed by atoms with Crippen molar-refractivity contribution in [1.82, 2.24) is 0 Å². The molecule has 4 rings (SSSR count). The van der Waals surface area contributed by atoms with E-state index < -0.39 is 27.8 Å². The largest absolute Gasteiger partial charge is 0.507 e. The number of anilines is 1. The van der Waals surface area contributed by atoms with Crippen LogP contribution in [0, 0.1) is 13.8 Å².